The van der Waals surface area contributed by atoms with Gasteiger partial charge >= 0.3 is 0 Å². The summed E-state index contributed by atoms with van der Waals surface area (Å²) in [6.45, 7) is 3.05. The summed E-state index contributed by atoms with van der Waals surface area (Å²) in [6.07, 6.45) is 0. The summed E-state index contributed by atoms with van der Waals surface area (Å²) in [5, 5.41) is 1.75. The number of benzene rings is 1. The first-order valence-electron chi connectivity index (χ1n) is 6.44. The fraction of sp³-hybridized carbons (Fsp3) is 0.357. The van der Waals surface area contributed by atoms with Gasteiger partial charge in [0.05, 0.1) is 10.5 Å². The number of imide groups is 1. The van der Waals surface area contributed by atoms with E-state index in [-0.39, 0.29) is 34.5 Å². The summed E-state index contributed by atoms with van der Waals surface area (Å²) in [5.41, 5.74) is 0.285. The fourth-order valence-electron chi connectivity index (χ4n) is 2.04. The van der Waals surface area contributed by atoms with E-state index in [1.54, 1.807) is 13.8 Å². The quantitative estimate of drug-likeness (QED) is 0.862. The van der Waals surface area contributed by atoms with Crippen LogP contribution in [-0.2, 0) is 14.4 Å². The highest BCUT2D eigenvalue weighted by molar-refractivity contribution is 8.02. The van der Waals surface area contributed by atoms with Crippen molar-refractivity contribution in [2.45, 2.75) is 24.3 Å². The maximum absolute atomic E-state index is 13.0. The molecule has 1 N–H and O–H groups in total. The Bertz CT molecular complexity index is 573. The largest absolute Gasteiger partial charge is 0.324 e. The summed E-state index contributed by atoms with van der Waals surface area (Å²) < 4.78 is 13.0. The first-order chi connectivity index (χ1) is 9.88. The van der Waals surface area contributed by atoms with Gasteiger partial charge in [-0.1, -0.05) is 6.07 Å². The molecule has 0 aromatic heterocycles. The number of halogens is 1. The van der Waals surface area contributed by atoms with Gasteiger partial charge in [-0.3, -0.25) is 19.3 Å². The average Bonchev–Trinajstić information content (AvgIpc) is 2.41. The van der Waals surface area contributed by atoms with Crippen LogP contribution in [0.15, 0.2) is 24.3 Å². The van der Waals surface area contributed by atoms with Crippen molar-refractivity contribution in [3.8, 4) is 0 Å². The Hall–Kier alpha value is -1.89. The van der Waals surface area contributed by atoms with E-state index in [0.29, 0.717) is 0 Å². The monoisotopic (exact) mass is 310 g/mol. The lowest BCUT2D eigenvalue weighted by Crippen LogP contribution is -2.52. The van der Waals surface area contributed by atoms with Gasteiger partial charge < -0.3 is 5.32 Å². The van der Waals surface area contributed by atoms with E-state index in [2.05, 4.69) is 5.32 Å². The number of carbonyl (C=O) groups excluding carboxylic acids is 3. The standard InChI is InChI=1S/C14H15FN2O3S/c1-8-13(19)17(14(20)9(2)21-8)7-12(18)16-11-5-3-4-10(15)6-11/h3-6,8-9H,7H2,1-2H3,(H,16,18)/t8-,9-/m0/s1. The van der Waals surface area contributed by atoms with Crippen molar-refractivity contribution in [3.05, 3.63) is 30.1 Å². The molecular weight excluding hydrogens is 295 g/mol. The Balaban J connectivity index is 2.04. The predicted molar refractivity (Wildman–Crippen MR) is 78.3 cm³/mol. The number of amides is 3. The minimum absolute atomic E-state index is 0.285. The Labute approximate surface area is 125 Å². The number of nitrogens with zero attached hydrogens (tertiary/aromatic N) is 1. The average molecular weight is 310 g/mol. The number of hydrogen-bond donors (Lipinski definition) is 1. The molecule has 0 unspecified atom stereocenters. The van der Waals surface area contributed by atoms with Gasteiger partial charge in [0.25, 0.3) is 0 Å². The number of carbonyl (C=O) groups is 3. The molecule has 0 radical (unpaired) electrons. The molecule has 112 valence electrons. The molecule has 1 heterocycles. The Morgan fingerprint density at radius 2 is 1.90 bits per heavy atom. The molecule has 1 aromatic carbocycles. The lowest BCUT2D eigenvalue weighted by atomic mass is 10.2. The third-order valence-corrected chi connectivity index (χ3v) is 4.27. The van der Waals surface area contributed by atoms with Crippen molar-refractivity contribution in [2.75, 3.05) is 11.9 Å². The second kappa shape index (κ2) is 6.26. The summed E-state index contributed by atoms with van der Waals surface area (Å²) >= 11 is 1.27. The highest BCUT2D eigenvalue weighted by Crippen LogP contribution is 2.26. The highest BCUT2D eigenvalue weighted by atomic mass is 32.2. The van der Waals surface area contributed by atoms with E-state index in [1.807, 2.05) is 0 Å². The van der Waals surface area contributed by atoms with E-state index in [9.17, 15) is 18.8 Å². The summed E-state index contributed by atoms with van der Waals surface area (Å²) in [5.74, 6) is -1.76. The van der Waals surface area contributed by atoms with Crippen LogP contribution in [-0.4, -0.2) is 39.7 Å². The topological polar surface area (TPSA) is 66.5 Å². The fourth-order valence-corrected chi connectivity index (χ4v) is 3.14. The molecule has 0 bridgehead atoms. The number of anilines is 1. The van der Waals surface area contributed by atoms with E-state index in [1.165, 1.54) is 36.0 Å². The maximum Gasteiger partial charge on any atom is 0.244 e. The molecule has 0 spiro atoms. The lowest BCUT2D eigenvalue weighted by Gasteiger charge is -2.31. The normalized spacial score (nSPS) is 22.3. The smallest absolute Gasteiger partial charge is 0.244 e. The summed E-state index contributed by atoms with van der Waals surface area (Å²) in [4.78, 5) is 36.8. The predicted octanol–water partition coefficient (Wildman–Crippen LogP) is 1.64. The molecule has 2 rings (SSSR count). The molecule has 1 saturated heterocycles. The number of hydrogen-bond acceptors (Lipinski definition) is 4. The molecule has 7 heteroatoms. The van der Waals surface area contributed by atoms with Gasteiger partial charge in [0, 0.05) is 5.69 Å². The second-order valence-electron chi connectivity index (χ2n) is 4.74. The zero-order chi connectivity index (χ0) is 15.6. The molecule has 0 aliphatic carbocycles. The van der Waals surface area contributed by atoms with Crippen molar-refractivity contribution in [3.63, 3.8) is 0 Å². The molecule has 1 aliphatic rings. The van der Waals surface area contributed by atoms with Gasteiger partial charge in [-0.05, 0) is 32.0 Å². The van der Waals surface area contributed by atoms with Crippen LogP contribution in [0.2, 0.25) is 0 Å². The summed E-state index contributed by atoms with van der Waals surface area (Å²) in [6, 6.07) is 5.41. The molecule has 0 saturated carbocycles. The van der Waals surface area contributed by atoms with E-state index in [4.69, 9.17) is 0 Å². The molecular formula is C14H15FN2O3S. The van der Waals surface area contributed by atoms with Crippen LogP contribution in [0.3, 0.4) is 0 Å². The van der Waals surface area contributed by atoms with Gasteiger partial charge in [-0.15, -0.1) is 11.8 Å². The Morgan fingerprint density at radius 1 is 1.29 bits per heavy atom. The molecule has 21 heavy (non-hydrogen) atoms. The Kier molecular flexibility index (Phi) is 4.62. The van der Waals surface area contributed by atoms with Crippen molar-refractivity contribution in [1.29, 1.82) is 0 Å². The number of nitrogens with one attached hydrogen (secondary N) is 1. The van der Waals surface area contributed by atoms with Crippen LogP contribution < -0.4 is 5.32 Å². The van der Waals surface area contributed by atoms with Crippen molar-refractivity contribution in [1.82, 2.24) is 4.90 Å². The van der Waals surface area contributed by atoms with Crippen LogP contribution in [0.4, 0.5) is 10.1 Å². The first-order valence-corrected chi connectivity index (χ1v) is 7.39. The molecule has 1 aromatic rings. The van der Waals surface area contributed by atoms with Crippen LogP contribution in [0, 0.1) is 5.82 Å². The van der Waals surface area contributed by atoms with Crippen LogP contribution in [0.25, 0.3) is 0 Å². The minimum Gasteiger partial charge on any atom is -0.324 e. The van der Waals surface area contributed by atoms with Crippen molar-refractivity contribution >= 4 is 35.2 Å². The molecule has 2 atom stereocenters. The zero-order valence-electron chi connectivity index (χ0n) is 11.6. The molecule has 1 fully saturated rings. The van der Waals surface area contributed by atoms with Crippen LogP contribution in [0.1, 0.15) is 13.8 Å². The summed E-state index contributed by atoms with van der Waals surface area (Å²) in [7, 11) is 0. The number of thioether (sulfide) groups is 1. The van der Waals surface area contributed by atoms with Crippen LogP contribution >= 0.6 is 11.8 Å². The third-order valence-electron chi connectivity index (χ3n) is 3.05. The minimum atomic E-state index is -0.534. The maximum atomic E-state index is 13.0. The number of rotatable bonds is 3. The van der Waals surface area contributed by atoms with E-state index >= 15 is 0 Å². The first kappa shape index (κ1) is 15.5. The second-order valence-corrected chi connectivity index (χ2v) is 6.43. The van der Waals surface area contributed by atoms with E-state index < -0.39 is 11.7 Å². The van der Waals surface area contributed by atoms with E-state index in [0.717, 1.165) is 4.90 Å². The van der Waals surface area contributed by atoms with Gasteiger partial charge in [0.15, 0.2) is 0 Å². The SMILES string of the molecule is C[C@@H]1S[C@@H](C)C(=O)N(CC(=O)Nc2cccc(F)c2)C1=O. The lowest BCUT2D eigenvalue weighted by molar-refractivity contribution is -0.147. The Morgan fingerprint density at radius 3 is 2.48 bits per heavy atom. The third kappa shape index (κ3) is 3.60. The van der Waals surface area contributed by atoms with Crippen molar-refractivity contribution < 1.29 is 18.8 Å². The molecule has 5 nitrogen and oxygen atoms in total. The van der Waals surface area contributed by atoms with Gasteiger partial charge in [0.1, 0.15) is 12.4 Å². The molecule has 3 amide bonds. The van der Waals surface area contributed by atoms with Gasteiger partial charge in [0.2, 0.25) is 17.7 Å². The van der Waals surface area contributed by atoms with Crippen molar-refractivity contribution in [2.24, 2.45) is 0 Å². The zero-order valence-corrected chi connectivity index (χ0v) is 12.4. The highest BCUT2D eigenvalue weighted by Gasteiger charge is 2.37. The van der Waals surface area contributed by atoms with Crippen LogP contribution in [0.5, 0.6) is 0 Å². The van der Waals surface area contributed by atoms with Gasteiger partial charge in [-0.25, -0.2) is 4.39 Å². The van der Waals surface area contributed by atoms with Gasteiger partial charge in [-0.2, -0.15) is 0 Å². The molecule has 1 aliphatic heterocycles.